The minimum absolute atomic E-state index is 0.103. The van der Waals surface area contributed by atoms with E-state index in [1.54, 1.807) is 7.11 Å². The van der Waals surface area contributed by atoms with Crippen molar-refractivity contribution in [3.63, 3.8) is 0 Å². The van der Waals surface area contributed by atoms with Gasteiger partial charge in [0.15, 0.2) is 0 Å². The zero-order valence-electron chi connectivity index (χ0n) is 15.5. The number of benzene rings is 1. The van der Waals surface area contributed by atoms with Gasteiger partial charge in [-0.15, -0.1) is 0 Å². The third-order valence-corrected chi connectivity index (χ3v) is 4.61. The molecule has 0 bridgehead atoms. The first-order valence-electron chi connectivity index (χ1n) is 8.82. The largest absolute Gasteiger partial charge is 0.495 e. The summed E-state index contributed by atoms with van der Waals surface area (Å²) in [5, 5.41) is 2.95. The Morgan fingerprint density at radius 1 is 1.40 bits per heavy atom. The van der Waals surface area contributed by atoms with Crippen LogP contribution in [0, 0.1) is 12.8 Å². The summed E-state index contributed by atoms with van der Waals surface area (Å²) in [6, 6.07) is 5.34. The van der Waals surface area contributed by atoms with E-state index in [2.05, 4.69) is 5.32 Å². The van der Waals surface area contributed by atoms with E-state index in [-0.39, 0.29) is 23.8 Å². The third-order valence-electron chi connectivity index (χ3n) is 4.61. The zero-order chi connectivity index (χ0) is 18.4. The molecule has 2 atom stereocenters. The van der Waals surface area contributed by atoms with Crippen LogP contribution in [0.2, 0.25) is 0 Å². The Hall–Kier alpha value is -2.08. The van der Waals surface area contributed by atoms with E-state index in [0.717, 1.165) is 24.9 Å². The second-order valence-electron chi connectivity index (χ2n) is 6.46. The molecule has 0 saturated carbocycles. The second-order valence-corrected chi connectivity index (χ2v) is 6.46. The van der Waals surface area contributed by atoms with Gasteiger partial charge in [0.25, 0.3) is 0 Å². The molecule has 6 heteroatoms. The Morgan fingerprint density at radius 3 is 2.84 bits per heavy atom. The number of aryl methyl sites for hydroxylation is 1. The number of carbonyl (C=O) groups is 2. The molecule has 1 N–H and O–H groups in total. The van der Waals surface area contributed by atoms with Crippen LogP contribution in [-0.4, -0.2) is 49.6 Å². The summed E-state index contributed by atoms with van der Waals surface area (Å²) >= 11 is 0. The first-order valence-corrected chi connectivity index (χ1v) is 8.82. The standard InChI is InChI=1S/C19H28N2O4/c1-5-25-19(23)15-7-6-10-21(12-15)14(3)18(22)20-16-11-13(2)8-9-17(16)24-4/h8-9,11,14-15H,5-7,10,12H2,1-4H3,(H,20,22). The molecule has 0 aliphatic carbocycles. The van der Waals surface area contributed by atoms with E-state index < -0.39 is 0 Å². The molecule has 0 spiro atoms. The van der Waals surface area contributed by atoms with Gasteiger partial charge >= 0.3 is 5.97 Å². The number of carbonyl (C=O) groups excluding carboxylic acids is 2. The highest BCUT2D eigenvalue weighted by Crippen LogP contribution is 2.26. The molecule has 1 fully saturated rings. The molecule has 2 unspecified atom stereocenters. The summed E-state index contributed by atoms with van der Waals surface area (Å²) in [5.41, 5.74) is 1.71. The minimum Gasteiger partial charge on any atom is -0.495 e. The summed E-state index contributed by atoms with van der Waals surface area (Å²) in [4.78, 5) is 26.7. The van der Waals surface area contributed by atoms with Gasteiger partial charge in [-0.1, -0.05) is 6.07 Å². The average molecular weight is 348 g/mol. The van der Waals surface area contributed by atoms with Gasteiger partial charge in [-0.2, -0.15) is 0 Å². The molecule has 1 saturated heterocycles. The molecule has 1 amide bonds. The fourth-order valence-corrected chi connectivity index (χ4v) is 3.13. The maximum atomic E-state index is 12.7. The lowest BCUT2D eigenvalue weighted by atomic mass is 9.97. The van der Waals surface area contributed by atoms with Gasteiger partial charge in [0.05, 0.1) is 31.4 Å². The molecule has 6 nitrogen and oxygen atoms in total. The number of hydrogen-bond acceptors (Lipinski definition) is 5. The molecule has 1 aromatic rings. The number of amides is 1. The number of methoxy groups -OCH3 is 1. The molecular weight excluding hydrogens is 320 g/mol. The van der Waals surface area contributed by atoms with E-state index in [1.165, 1.54) is 0 Å². The molecule has 1 aliphatic rings. The summed E-state index contributed by atoms with van der Waals surface area (Å²) < 4.78 is 10.4. The molecule has 0 aromatic heterocycles. The average Bonchev–Trinajstić information content (AvgIpc) is 2.61. The molecular formula is C19H28N2O4. The minimum atomic E-state index is -0.331. The van der Waals surface area contributed by atoms with E-state index in [9.17, 15) is 9.59 Å². The smallest absolute Gasteiger partial charge is 0.310 e. The summed E-state index contributed by atoms with van der Waals surface area (Å²) in [6.07, 6.45) is 1.70. The Balaban J connectivity index is 2.02. The monoisotopic (exact) mass is 348 g/mol. The Bertz CT molecular complexity index is 617. The number of nitrogens with zero attached hydrogens (tertiary/aromatic N) is 1. The van der Waals surface area contributed by atoms with Gasteiger partial charge in [-0.25, -0.2) is 0 Å². The van der Waals surface area contributed by atoms with Gasteiger partial charge in [0.1, 0.15) is 5.75 Å². The van der Waals surface area contributed by atoms with Gasteiger partial charge < -0.3 is 14.8 Å². The van der Waals surface area contributed by atoms with Crippen LogP contribution < -0.4 is 10.1 Å². The maximum Gasteiger partial charge on any atom is 0.310 e. The fraction of sp³-hybridized carbons (Fsp3) is 0.579. The van der Waals surface area contributed by atoms with Crippen LogP contribution in [-0.2, 0) is 14.3 Å². The summed E-state index contributed by atoms with van der Waals surface area (Å²) in [6.45, 7) is 7.38. The highest BCUT2D eigenvalue weighted by molar-refractivity contribution is 5.96. The summed E-state index contributed by atoms with van der Waals surface area (Å²) in [7, 11) is 1.58. The maximum absolute atomic E-state index is 12.7. The second kappa shape index (κ2) is 8.85. The van der Waals surface area contributed by atoms with Crippen LogP contribution in [0.3, 0.4) is 0 Å². The van der Waals surface area contributed by atoms with Crippen molar-refractivity contribution in [2.75, 3.05) is 32.1 Å². The normalized spacial score (nSPS) is 19.1. The molecule has 1 aliphatic heterocycles. The van der Waals surface area contributed by atoms with Crippen LogP contribution in [0.4, 0.5) is 5.69 Å². The fourth-order valence-electron chi connectivity index (χ4n) is 3.13. The zero-order valence-corrected chi connectivity index (χ0v) is 15.5. The molecule has 0 radical (unpaired) electrons. The number of rotatable bonds is 6. The van der Waals surface area contributed by atoms with Crippen LogP contribution >= 0.6 is 0 Å². The van der Waals surface area contributed by atoms with Gasteiger partial charge in [-0.3, -0.25) is 14.5 Å². The Morgan fingerprint density at radius 2 is 2.16 bits per heavy atom. The van der Waals surface area contributed by atoms with Crippen molar-refractivity contribution in [1.29, 1.82) is 0 Å². The number of ether oxygens (including phenoxy) is 2. The Kier molecular flexibility index (Phi) is 6.82. The van der Waals surface area contributed by atoms with Crippen molar-refractivity contribution >= 4 is 17.6 Å². The quantitative estimate of drug-likeness (QED) is 0.801. The number of nitrogens with one attached hydrogen (secondary N) is 1. The number of hydrogen-bond donors (Lipinski definition) is 1. The molecule has 138 valence electrons. The van der Waals surface area contributed by atoms with Crippen molar-refractivity contribution in [1.82, 2.24) is 4.90 Å². The molecule has 1 heterocycles. The van der Waals surface area contributed by atoms with E-state index in [1.807, 2.05) is 43.9 Å². The van der Waals surface area contributed by atoms with Crippen LogP contribution in [0.25, 0.3) is 0 Å². The topological polar surface area (TPSA) is 67.9 Å². The lowest BCUT2D eigenvalue weighted by Gasteiger charge is -2.35. The van der Waals surface area contributed by atoms with Crippen LogP contribution in [0.15, 0.2) is 18.2 Å². The van der Waals surface area contributed by atoms with Gasteiger partial charge in [-0.05, 0) is 57.9 Å². The van der Waals surface area contributed by atoms with Crippen molar-refractivity contribution in [3.05, 3.63) is 23.8 Å². The van der Waals surface area contributed by atoms with Crippen molar-refractivity contribution in [3.8, 4) is 5.75 Å². The first kappa shape index (κ1) is 19.2. The molecule has 25 heavy (non-hydrogen) atoms. The molecule has 2 rings (SSSR count). The highest BCUT2D eigenvalue weighted by atomic mass is 16.5. The predicted octanol–water partition coefficient (Wildman–Crippen LogP) is 2.61. The van der Waals surface area contributed by atoms with Crippen molar-refractivity contribution < 1.29 is 19.1 Å². The van der Waals surface area contributed by atoms with E-state index in [4.69, 9.17) is 9.47 Å². The Labute approximate surface area is 149 Å². The third kappa shape index (κ3) is 4.95. The van der Waals surface area contributed by atoms with Crippen molar-refractivity contribution in [2.24, 2.45) is 5.92 Å². The van der Waals surface area contributed by atoms with Gasteiger partial charge in [0.2, 0.25) is 5.91 Å². The lowest BCUT2D eigenvalue weighted by molar-refractivity contribution is -0.150. The van der Waals surface area contributed by atoms with Gasteiger partial charge in [0, 0.05) is 6.54 Å². The van der Waals surface area contributed by atoms with E-state index >= 15 is 0 Å². The lowest BCUT2D eigenvalue weighted by Crippen LogP contribution is -2.48. The molecule has 1 aromatic carbocycles. The number of anilines is 1. The summed E-state index contributed by atoms with van der Waals surface area (Å²) in [5.74, 6) is 0.209. The number of piperidine rings is 1. The van der Waals surface area contributed by atoms with E-state index in [0.29, 0.717) is 24.6 Å². The van der Waals surface area contributed by atoms with Crippen molar-refractivity contribution in [2.45, 2.75) is 39.7 Å². The van der Waals surface area contributed by atoms with Crippen LogP contribution in [0.5, 0.6) is 5.75 Å². The van der Waals surface area contributed by atoms with Crippen LogP contribution in [0.1, 0.15) is 32.3 Å². The first-order chi connectivity index (χ1) is 12.0. The SMILES string of the molecule is CCOC(=O)C1CCCN(C(C)C(=O)Nc2cc(C)ccc2OC)C1. The highest BCUT2D eigenvalue weighted by Gasteiger charge is 2.31. The predicted molar refractivity (Wildman–Crippen MR) is 96.8 cm³/mol. The number of likely N-dealkylation sites (tertiary alicyclic amines) is 1. The number of esters is 1.